The Bertz CT molecular complexity index is 650. The second-order valence-electron chi connectivity index (χ2n) is 4.87. The Morgan fingerprint density at radius 3 is 2.67 bits per heavy atom. The number of nitrogens with two attached hydrogens (primary N) is 1. The largest absolute Gasteiger partial charge is 0.379 e. The summed E-state index contributed by atoms with van der Waals surface area (Å²) in [5, 5.41) is 2.87. The van der Waals surface area contributed by atoms with Gasteiger partial charge in [0, 0.05) is 11.7 Å². The lowest BCUT2D eigenvalue weighted by Crippen LogP contribution is -2.37. The first-order valence-corrected chi connectivity index (χ1v) is 8.45. The van der Waals surface area contributed by atoms with Crippen LogP contribution in [0, 0.1) is 5.92 Å². The third-order valence-electron chi connectivity index (χ3n) is 2.99. The van der Waals surface area contributed by atoms with Gasteiger partial charge in [0.15, 0.2) is 0 Å². The molecule has 9 heteroatoms. The molecule has 1 aliphatic rings. The van der Waals surface area contributed by atoms with Crippen LogP contribution >= 0.6 is 11.6 Å². The number of nitrogens with one attached hydrogen (secondary N) is 2. The molecule has 1 fully saturated rings. The van der Waals surface area contributed by atoms with Crippen molar-refractivity contribution >= 4 is 38.9 Å². The first kappa shape index (κ1) is 16.0. The molecule has 4 N–H and O–H groups in total. The van der Waals surface area contributed by atoms with Gasteiger partial charge in [0.1, 0.15) is 0 Å². The van der Waals surface area contributed by atoms with Crippen molar-refractivity contribution < 1.29 is 17.9 Å². The molecule has 7 nitrogen and oxygen atoms in total. The molecule has 0 aromatic heterocycles. The minimum Gasteiger partial charge on any atom is -0.379 e. The van der Waals surface area contributed by atoms with Crippen molar-refractivity contribution in [1.82, 2.24) is 0 Å². The average molecular weight is 334 g/mol. The van der Waals surface area contributed by atoms with Crippen molar-refractivity contribution in [3.8, 4) is 0 Å². The predicted octanol–water partition coefficient (Wildman–Crippen LogP) is 0.624. The molecule has 0 aliphatic carbocycles. The maximum Gasteiger partial charge on any atom is 0.231 e. The summed E-state index contributed by atoms with van der Waals surface area (Å²) in [6.07, 6.45) is 1.03. The highest BCUT2D eigenvalue weighted by Crippen LogP contribution is 2.26. The average Bonchev–Trinajstić information content (AvgIpc) is 2.77. The van der Waals surface area contributed by atoms with Crippen molar-refractivity contribution in [3.63, 3.8) is 0 Å². The fourth-order valence-electron chi connectivity index (χ4n) is 1.95. The number of benzene rings is 1. The number of anilines is 2. The second-order valence-corrected chi connectivity index (χ2v) is 7.02. The molecule has 0 spiro atoms. The summed E-state index contributed by atoms with van der Waals surface area (Å²) in [6.45, 7) is 0.643. The van der Waals surface area contributed by atoms with Crippen LogP contribution in [0.1, 0.15) is 0 Å². The van der Waals surface area contributed by atoms with E-state index >= 15 is 0 Å². The Kier molecular flexibility index (Phi) is 4.72. The van der Waals surface area contributed by atoms with Gasteiger partial charge in [-0.05, 0) is 18.2 Å². The van der Waals surface area contributed by atoms with Crippen molar-refractivity contribution in [1.29, 1.82) is 0 Å². The topological polar surface area (TPSA) is 111 Å². The van der Waals surface area contributed by atoms with Gasteiger partial charge >= 0.3 is 0 Å². The minimum atomic E-state index is -3.41. The van der Waals surface area contributed by atoms with Crippen molar-refractivity contribution in [2.45, 2.75) is 6.04 Å². The monoisotopic (exact) mass is 333 g/mol. The van der Waals surface area contributed by atoms with E-state index in [9.17, 15) is 13.2 Å². The summed E-state index contributed by atoms with van der Waals surface area (Å²) in [5.74, 6) is -0.655. The number of carbonyl (C=O) groups excluding carboxylic acids is 1. The summed E-state index contributed by atoms with van der Waals surface area (Å²) >= 11 is 5.98. The Labute approximate surface area is 127 Å². The van der Waals surface area contributed by atoms with Crippen LogP contribution in [0.4, 0.5) is 11.4 Å². The van der Waals surface area contributed by atoms with E-state index in [1.165, 1.54) is 12.1 Å². The number of hydrogen-bond donors (Lipinski definition) is 3. The van der Waals surface area contributed by atoms with E-state index in [1.807, 2.05) is 0 Å². The number of rotatable bonds is 4. The van der Waals surface area contributed by atoms with Gasteiger partial charge in [0.25, 0.3) is 0 Å². The number of amides is 1. The fraction of sp³-hybridized carbons (Fsp3) is 0.417. The molecule has 2 rings (SSSR count). The number of sulfonamides is 1. The highest BCUT2D eigenvalue weighted by molar-refractivity contribution is 7.92. The first-order chi connectivity index (χ1) is 9.76. The molecule has 116 valence electrons. The maximum absolute atomic E-state index is 12.0. The van der Waals surface area contributed by atoms with E-state index in [-0.39, 0.29) is 29.3 Å². The summed E-state index contributed by atoms with van der Waals surface area (Å²) in [4.78, 5) is 12.0. The van der Waals surface area contributed by atoms with E-state index in [4.69, 9.17) is 22.1 Å². The summed E-state index contributed by atoms with van der Waals surface area (Å²) in [6, 6.07) is 4.17. The Hall–Kier alpha value is -1.35. The summed E-state index contributed by atoms with van der Waals surface area (Å²) in [5.41, 5.74) is 6.48. The molecule has 1 aromatic carbocycles. The van der Waals surface area contributed by atoms with Crippen LogP contribution in [0.15, 0.2) is 18.2 Å². The highest BCUT2D eigenvalue weighted by atomic mass is 35.5. The van der Waals surface area contributed by atoms with Crippen LogP contribution in [0.3, 0.4) is 0 Å². The number of hydrogen-bond acceptors (Lipinski definition) is 5. The molecule has 1 aliphatic heterocycles. The van der Waals surface area contributed by atoms with Crippen LogP contribution in [-0.4, -0.2) is 39.8 Å². The van der Waals surface area contributed by atoms with Gasteiger partial charge in [-0.2, -0.15) is 0 Å². The number of carbonyl (C=O) groups is 1. The molecule has 1 heterocycles. The third kappa shape index (κ3) is 4.31. The molecule has 2 atom stereocenters. The zero-order valence-corrected chi connectivity index (χ0v) is 12.9. The van der Waals surface area contributed by atoms with Gasteiger partial charge in [-0.3, -0.25) is 9.52 Å². The molecule has 0 bridgehead atoms. The SMILES string of the molecule is CS(=O)(=O)Nc1ccc(NC(=O)C2COCC2N)cc1Cl. The fourth-order valence-corrected chi connectivity index (χ4v) is 2.81. The van der Waals surface area contributed by atoms with E-state index in [1.54, 1.807) is 6.07 Å². The quantitative estimate of drug-likeness (QED) is 0.748. The highest BCUT2D eigenvalue weighted by Gasteiger charge is 2.31. The third-order valence-corrected chi connectivity index (χ3v) is 3.90. The van der Waals surface area contributed by atoms with Crippen LogP contribution in [0.5, 0.6) is 0 Å². The number of halogens is 1. The van der Waals surface area contributed by atoms with Gasteiger partial charge < -0.3 is 15.8 Å². The Morgan fingerprint density at radius 2 is 2.14 bits per heavy atom. The molecule has 1 saturated heterocycles. The molecule has 1 aromatic rings. The zero-order chi connectivity index (χ0) is 15.6. The van der Waals surface area contributed by atoms with E-state index < -0.39 is 15.9 Å². The zero-order valence-electron chi connectivity index (χ0n) is 11.3. The van der Waals surface area contributed by atoms with E-state index in [2.05, 4.69) is 10.0 Å². The first-order valence-electron chi connectivity index (χ1n) is 6.18. The van der Waals surface area contributed by atoms with E-state index in [0.717, 1.165) is 6.26 Å². The van der Waals surface area contributed by atoms with E-state index in [0.29, 0.717) is 12.3 Å². The van der Waals surface area contributed by atoms with Crippen molar-refractivity contribution in [2.75, 3.05) is 29.5 Å². The number of ether oxygens (including phenoxy) is 1. The molecule has 0 radical (unpaired) electrons. The minimum absolute atomic E-state index is 0.185. The lowest BCUT2D eigenvalue weighted by Gasteiger charge is -2.14. The predicted molar refractivity (Wildman–Crippen MR) is 80.8 cm³/mol. The van der Waals surface area contributed by atoms with Gasteiger partial charge in [-0.25, -0.2) is 8.42 Å². The van der Waals surface area contributed by atoms with Crippen LogP contribution < -0.4 is 15.8 Å². The molecule has 21 heavy (non-hydrogen) atoms. The van der Waals surface area contributed by atoms with Gasteiger partial charge in [0.2, 0.25) is 15.9 Å². The molecular weight excluding hydrogens is 318 g/mol. The smallest absolute Gasteiger partial charge is 0.231 e. The normalized spacial score (nSPS) is 22.0. The molecule has 1 amide bonds. The summed E-state index contributed by atoms with van der Waals surface area (Å²) < 4.78 is 29.7. The molecular formula is C12H16ClN3O4S. The Morgan fingerprint density at radius 1 is 1.43 bits per heavy atom. The van der Waals surface area contributed by atoms with Crippen LogP contribution in [0.2, 0.25) is 5.02 Å². The van der Waals surface area contributed by atoms with Crippen LogP contribution in [0.25, 0.3) is 0 Å². The van der Waals surface area contributed by atoms with Crippen molar-refractivity contribution in [2.24, 2.45) is 11.7 Å². The lowest BCUT2D eigenvalue weighted by molar-refractivity contribution is -0.120. The lowest BCUT2D eigenvalue weighted by atomic mass is 10.0. The summed E-state index contributed by atoms with van der Waals surface area (Å²) in [7, 11) is -3.41. The van der Waals surface area contributed by atoms with Crippen LogP contribution in [-0.2, 0) is 19.6 Å². The van der Waals surface area contributed by atoms with Gasteiger partial charge in [-0.1, -0.05) is 11.6 Å². The molecule has 2 unspecified atom stereocenters. The second kappa shape index (κ2) is 6.18. The van der Waals surface area contributed by atoms with Gasteiger partial charge in [0.05, 0.1) is 36.1 Å². The Balaban J connectivity index is 2.08. The standard InChI is InChI=1S/C12H16ClN3O4S/c1-21(18,19)16-11-3-2-7(4-9(11)13)15-12(17)8-5-20-6-10(8)14/h2-4,8,10,16H,5-6,14H2,1H3,(H,15,17). The van der Waals surface area contributed by atoms with Crippen molar-refractivity contribution in [3.05, 3.63) is 23.2 Å². The van der Waals surface area contributed by atoms with Gasteiger partial charge in [-0.15, -0.1) is 0 Å². The molecule has 0 saturated carbocycles. The maximum atomic E-state index is 12.0.